The maximum atomic E-state index is 14.6. The van der Waals surface area contributed by atoms with Crippen molar-refractivity contribution >= 4 is 27.9 Å². The molecule has 1 saturated carbocycles. The zero-order valence-electron chi connectivity index (χ0n) is 22.6. The number of aliphatic hydroxyl groups excluding tert-OH is 1. The Balaban J connectivity index is 0.000000983. The first-order chi connectivity index (χ1) is 18.4. The molecule has 8 heteroatoms. The normalized spacial score (nSPS) is 32.3. The highest BCUT2D eigenvalue weighted by Gasteiger charge is 2.60. The van der Waals surface area contributed by atoms with Crippen LogP contribution in [0.3, 0.4) is 0 Å². The molecule has 0 saturated heterocycles. The van der Waals surface area contributed by atoms with Crippen LogP contribution in [0.1, 0.15) is 57.4 Å². The molecule has 0 aliphatic heterocycles. The maximum Gasteiger partial charge on any atom is 0.413 e. The van der Waals surface area contributed by atoms with E-state index in [9.17, 15) is 23.4 Å². The monoisotopic (exact) mass is 560 g/mol. The van der Waals surface area contributed by atoms with Crippen molar-refractivity contribution in [2.75, 3.05) is 14.1 Å². The first-order valence-corrected chi connectivity index (χ1v) is 14.1. The lowest BCUT2D eigenvalue weighted by atomic mass is 9.56. The van der Waals surface area contributed by atoms with Gasteiger partial charge in [0.15, 0.2) is 0 Å². The Hall–Kier alpha value is -2.19. The molecule has 1 fully saturated rings. The van der Waals surface area contributed by atoms with Crippen molar-refractivity contribution in [3.05, 3.63) is 70.1 Å². The van der Waals surface area contributed by atoms with E-state index in [0.29, 0.717) is 37.3 Å². The van der Waals surface area contributed by atoms with Crippen molar-refractivity contribution in [1.29, 1.82) is 0 Å². The molecule has 6 rings (SSSR count). The minimum absolute atomic E-state index is 0.0371. The molecule has 210 valence electrons. The van der Waals surface area contributed by atoms with Gasteiger partial charge >= 0.3 is 6.18 Å². The fourth-order valence-corrected chi connectivity index (χ4v) is 7.73. The van der Waals surface area contributed by atoms with Gasteiger partial charge < -0.3 is 15.5 Å². The fraction of sp³-hybridized carbons (Fsp3) is 0.516. The van der Waals surface area contributed by atoms with Gasteiger partial charge in [0.25, 0.3) is 0 Å². The van der Waals surface area contributed by atoms with E-state index in [0.717, 1.165) is 33.9 Å². The predicted molar refractivity (Wildman–Crippen MR) is 149 cm³/mol. The SMILES string of the molecule is CC12CC(C(F)(F)F)=C3C=C4CC(O)CCC4CC[C@]3(O)C1CC=C2c1ccc2c(Cl)nccc2c1.CNC. The van der Waals surface area contributed by atoms with Crippen LogP contribution in [0.5, 0.6) is 0 Å². The van der Waals surface area contributed by atoms with Crippen molar-refractivity contribution < 1.29 is 23.4 Å². The number of halogens is 4. The zero-order valence-corrected chi connectivity index (χ0v) is 23.3. The van der Waals surface area contributed by atoms with Crippen LogP contribution in [0.2, 0.25) is 5.15 Å². The topological polar surface area (TPSA) is 65.4 Å². The molecule has 1 heterocycles. The van der Waals surface area contributed by atoms with E-state index in [1.54, 1.807) is 12.3 Å². The molecule has 4 aliphatic carbocycles. The first-order valence-electron chi connectivity index (χ1n) is 13.7. The Morgan fingerprint density at radius 2 is 1.87 bits per heavy atom. The van der Waals surface area contributed by atoms with Crippen LogP contribution in [-0.4, -0.2) is 47.2 Å². The van der Waals surface area contributed by atoms with E-state index in [4.69, 9.17) is 11.6 Å². The second-order valence-electron chi connectivity index (χ2n) is 11.7. The number of fused-ring (bicyclic) bond motifs is 5. The van der Waals surface area contributed by atoms with Gasteiger partial charge in [-0.15, -0.1) is 0 Å². The molecule has 39 heavy (non-hydrogen) atoms. The molecule has 0 bridgehead atoms. The van der Waals surface area contributed by atoms with E-state index >= 15 is 0 Å². The van der Waals surface area contributed by atoms with E-state index in [1.165, 1.54) is 0 Å². The summed E-state index contributed by atoms with van der Waals surface area (Å²) in [6.07, 6.45) is 3.22. The minimum atomic E-state index is -4.56. The number of allylic oxidation sites excluding steroid dienone is 3. The minimum Gasteiger partial charge on any atom is -0.393 e. The molecule has 5 atom stereocenters. The third-order valence-electron chi connectivity index (χ3n) is 9.27. The third kappa shape index (κ3) is 4.86. The van der Waals surface area contributed by atoms with Crippen LogP contribution >= 0.6 is 11.6 Å². The third-order valence-corrected chi connectivity index (χ3v) is 9.57. The van der Waals surface area contributed by atoms with E-state index in [2.05, 4.69) is 10.3 Å². The smallest absolute Gasteiger partial charge is 0.393 e. The molecule has 3 N–H and O–H groups in total. The summed E-state index contributed by atoms with van der Waals surface area (Å²) in [4.78, 5) is 4.11. The largest absolute Gasteiger partial charge is 0.413 e. The van der Waals surface area contributed by atoms with Crippen LogP contribution in [0.15, 0.2) is 59.3 Å². The number of aliphatic hydroxyl groups is 2. The van der Waals surface area contributed by atoms with E-state index in [-0.39, 0.29) is 23.8 Å². The number of hydrogen-bond donors (Lipinski definition) is 3. The van der Waals surface area contributed by atoms with Crippen LogP contribution in [0.4, 0.5) is 13.2 Å². The Morgan fingerprint density at radius 1 is 1.13 bits per heavy atom. The van der Waals surface area contributed by atoms with Gasteiger partial charge in [-0.2, -0.15) is 13.2 Å². The highest BCUT2D eigenvalue weighted by Crippen LogP contribution is 2.64. The first kappa shape index (κ1) is 28.3. The standard InChI is InChI=1S/C29H29ClF3NO2.C2H7N/c1-27-15-24(29(31,32)33)23-14-19-13-20(35)4-2-16(19)8-10-28(23,36)25(27)7-6-22(27)18-3-5-21-17(12-18)9-11-34-26(21)30;1-3-2/h3,5-6,9,11-12,14,16,20,25,35-36H,2,4,7-8,10,13,15H2,1H3;3H,1-2H3/t16?,20?,25?,27?,28-;/m1./s1. The van der Waals surface area contributed by atoms with Crippen molar-refractivity contribution in [1.82, 2.24) is 10.3 Å². The molecule has 2 aromatic rings. The predicted octanol–water partition coefficient (Wildman–Crippen LogP) is 7.01. The van der Waals surface area contributed by atoms with Gasteiger partial charge in [-0.25, -0.2) is 4.98 Å². The van der Waals surface area contributed by atoms with Gasteiger partial charge in [0.05, 0.1) is 11.7 Å². The summed E-state index contributed by atoms with van der Waals surface area (Å²) in [6, 6.07) is 7.58. The number of pyridine rings is 1. The summed E-state index contributed by atoms with van der Waals surface area (Å²) in [5.74, 6) is -0.247. The van der Waals surface area contributed by atoms with E-state index in [1.807, 2.05) is 51.4 Å². The second-order valence-corrected chi connectivity index (χ2v) is 12.1. The van der Waals surface area contributed by atoms with Crippen molar-refractivity contribution in [3.8, 4) is 0 Å². The molecule has 4 nitrogen and oxygen atoms in total. The van der Waals surface area contributed by atoms with Crippen molar-refractivity contribution in [2.45, 2.75) is 69.8 Å². The second kappa shape index (κ2) is 10.3. The number of aromatic nitrogens is 1. The molecule has 0 amide bonds. The van der Waals surface area contributed by atoms with Crippen LogP contribution < -0.4 is 5.32 Å². The van der Waals surface area contributed by atoms with Gasteiger partial charge in [-0.05, 0) is 99.2 Å². The van der Waals surface area contributed by atoms with Crippen LogP contribution in [0.25, 0.3) is 16.3 Å². The summed E-state index contributed by atoms with van der Waals surface area (Å²) in [7, 11) is 3.75. The molecule has 4 unspecified atom stereocenters. The highest BCUT2D eigenvalue weighted by molar-refractivity contribution is 6.34. The number of hydrogen-bond acceptors (Lipinski definition) is 4. The number of nitrogens with one attached hydrogen (secondary N) is 1. The highest BCUT2D eigenvalue weighted by atomic mass is 35.5. The van der Waals surface area contributed by atoms with Gasteiger partial charge in [0, 0.05) is 28.5 Å². The van der Waals surface area contributed by atoms with Gasteiger partial charge in [0.1, 0.15) is 5.15 Å². The Morgan fingerprint density at radius 3 is 2.59 bits per heavy atom. The summed E-state index contributed by atoms with van der Waals surface area (Å²) in [5.41, 5.74) is -0.478. The van der Waals surface area contributed by atoms with Crippen LogP contribution in [-0.2, 0) is 0 Å². The van der Waals surface area contributed by atoms with Gasteiger partial charge in [-0.3, -0.25) is 0 Å². The molecule has 1 aromatic carbocycles. The zero-order chi connectivity index (χ0) is 28.2. The Kier molecular flexibility index (Phi) is 7.51. The molecule has 4 aliphatic rings. The fourth-order valence-electron chi connectivity index (χ4n) is 7.50. The molecular weight excluding hydrogens is 525 g/mol. The Labute approximate surface area is 232 Å². The number of rotatable bonds is 1. The van der Waals surface area contributed by atoms with Gasteiger partial charge in [-0.1, -0.05) is 48.4 Å². The summed E-state index contributed by atoms with van der Waals surface area (Å²) >= 11 is 6.24. The van der Waals surface area contributed by atoms with Gasteiger partial charge in [0.2, 0.25) is 0 Å². The maximum absolute atomic E-state index is 14.6. The van der Waals surface area contributed by atoms with Crippen molar-refractivity contribution in [2.24, 2.45) is 17.3 Å². The molecular formula is C31H36ClF3N2O2. The number of alkyl halides is 3. The molecule has 0 radical (unpaired) electrons. The Bertz CT molecular complexity index is 1370. The number of benzene rings is 1. The lowest BCUT2D eigenvalue weighted by Gasteiger charge is -2.50. The lowest BCUT2D eigenvalue weighted by Crippen LogP contribution is -2.51. The quantitative estimate of drug-likeness (QED) is 0.328. The summed E-state index contributed by atoms with van der Waals surface area (Å²) in [6.45, 7) is 1.88. The summed E-state index contributed by atoms with van der Waals surface area (Å²) < 4.78 is 43.9. The lowest BCUT2D eigenvalue weighted by molar-refractivity contribution is -0.113. The molecule has 1 aromatic heterocycles. The molecule has 0 spiro atoms. The van der Waals surface area contributed by atoms with Crippen molar-refractivity contribution in [3.63, 3.8) is 0 Å². The van der Waals surface area contributed by atoms with E-state index < -0.39 is 28.9 Å². The number of nitrogens with zero attached hydrogens (tertiary/aromatic N) is 1. The van der Waals surface area contributed by atoms with Crippen LogP contribution in [0, 0.1) is 17.3 Å². The summed E-state index contributed by atoms with van der Waals surface area (Å²) in [5, 5.41) is 27.2. The average Bonchev–Trinajstić information content (AvgIpc) is 3.15. The average molecular weight is 561 g/mol.